The summed E-state index contributed by atoms with van der Waals surface area (Å²) in [6, 6.07) is 6.22. The fourth-order valence-corrected chi connectivity index (χ4v) is 4.96. The second kappa shape index (κ2) is 9.16. The van der Waals surface area contributed by atoms with Gasteiger partial charge in [0.05, 0.1) is 0 Å². The molecular weight excluding hydrogens is 322 g/mol. The maximum atomic E-state index is 4.50. The van der Waals surface area contributed by atoms with Crippen LogP contribution in [0.1, 0.15) is 25.7 Å². The number of piperazine rings is 1. The number of rotatable bonds is 5. The highest BCUT2D eigenvalue weighted by atomic mass is 15.3. The first-order valence-electron chi connectivity index (χ1n) is 10.7. The summed E-state index contributed by atoms with van der Waals surface area (Å²) < 4.78 is 0. The van der Waals surface area contributed by atoms with Gasteiger partial charge in [-0.3, -0.25) is 4.90 Å². The number of pyridine rings is 1. The molecule has 3 aliphatic rings. The third-order valence-corrected chi connectivity index (χ3v) is 6.44. The van der Waals surface area contributed by atoms with E-state index in [1.54, 1.807) is 0 Å². The molecule has 1 aromatic rings. The summed E-state index contributed by atoms with van der Waals surface area (Å²) >= 11 is 0. The van der Waals surface area contributed by atoms with E-state index in [-0.39, 0.29) is 0 Å². The van der Waals surface area contributed by atoms with E-state index in [9.17, 15) is 0 Å². The second-order valence-electron chi connectivity index (χ2n) is 8.44. The highest BCUT2D eigenvalue weighted by Crippen LogP contribution is 2.22. The van der Waals surface area contributed by atoms with Crippen molar-refractivity contribution in [2.45, 2.75) is 25.7 Å². The molecule has 5 nitrogen and oxygen atoms in total. The van der Waals surface area contributed by atoms with Gasteiger partial charge in [0.2, 0.25) is 0 Å². The van der Waals surface area contributed by atoms with Gasteiger partial charge >= 0.3 is 0 Å². The molecule has 0 spiro atoms. The summed E-state index contributed by atoms with van der Waals surface area (Å²) in [5, 5.41) is 3.50. The smallest absolute Gasteiger partial charge is 0.128 e. The summed E-state index contributed by atoms with van der Waals surface area (Å²) in [4.78, 5) is 12.4. The minimum absolute atomic E-state index is 0.867. The van der Waals surface area contributed by atoms with Crippen molar-refractivity contribution in [2.24, 2.45) is 11.8 Å². The normalized spacial score (nSPS) is 26.9. The number of hydrogen-bond donors (Lipinski definition) is 1. The predicted molar refractivity (Wildman–Crippen MR) is 108 cm³/mol. The van der Waals surface area contributed by atoms with Gasteiger partial charge in [-0.25, -0.2) is 4.98 Å². The highest BCUT2D eigenvalue weighted by molar-refractivity contribution is 5.38. The van der Waals surface area contributed by atoms with Crippen LogP contribution < -0.4 is 10.2 Å². The van der Waals surface area contributed by atoms with Gasteiger partial charge in [0.15, 0.2) is 0 Å². The standard InChI is InChI=1S/C21H35N5/c1-2-8-23-21(5-1)26-14-12-24(13-15-26)17-20-4-3-11-25(18-20)16-19-6-9-22-10-7-19/h1-2,5,8,19-20,22H,3-4,6-7,9-18H2. The monoisotopic (exact) mass is 357 g/mol. The van der Waals surface area contributed by atoms with Crippen molar-refractivity contribution < 1.29 is 0 Å². The van der Waals surface area contributed by atoms with Crippen LogP contribution >= 0.6 is 0 Å². The molecule has 0 amide bonds. The van der Waals surface area contributed by atoms with Gasteiger partial charge in [-0.05, 0) is 69.3 Å². The molecule has 0 aliphatic carbocycles. The Morgan fingerprint density at radius 1 is 0.885 bits per heavy atom. The molecule has 0 aromatic carbocycles. The Hall–Kier alpha value is -1.17. The largest absolute Gasteiger partial charge is 0.354 e. The van der Waals surface area contributed by atoms with Crippen LogP contribution in [0.5, 0.6) is 0 Å². The molecule has 0 radical (unpaired) electrons. The molecule has 26 heavy (non-hydrogen) atoms. The quantitative estimate of drug-likeness (QED) is 0.871. The van der Waals surface area contributed by atoms with Crippen molar-refractivity contribution in [1.82, 2.24) is 20.1 Å². The van der Waals surface area contributed by atoms with E-state index in [1.807, 2.05) is 12.3 Å². The third-order valence-electron chi connectivity index (χ3n) is 6.44. The zero-order chi connectivity index (χ0) is 17.6. The maximum Gasteiger partial charge on any atom is 0.128 e. The first-order valence-corrected chi connectivity index (χ1v) is 10.7. The number of piperidine rings is 2. The van der Waals surface area contributed by atoms with Crippen LogP contribution in [0, 0.1) is 11.8 Å². The van der Waals surface area contributed by atoms with Gasteiger partial charge in [-0.15, -0.1) is 0 Å². The van der Waals surface area contributed by atoms with Crippen molar-refractivity contribution in [3.63, 3.8) is 0 Å². The Morgan fingerprint density at radius 3 is 2.46 bits per heavy atom. The summed E-state index contributed by atoms with van der Waals surface area (Å²) in [5.74, 6) is 2.93. The molecule has 0 bridgehead atoms. The molecule has 3 aliphatic heterocycles. The van der Waals surface area contributed by atoms with Crippen LogP contribution in [-0.4, -0.2) is 80.2 Å². The first kappa shape index (κ1) is 18.2. The summed E-state index contributed by atoms with van der Waals surface area (Å²) in [5.41, 5.74) is 0. The number of anilines is 1. The lowest BCUT2D eigenvalue weighted by Gasteiger charge is -2.40. The topological polar surface area (TPSA) is 34.6 Å². The van der Waals surface area contributed by atoms with E-state index in [1.165, 1.54) is 78.0 Å². The van der Waals surface area contributed by atoms with E-state index in [0.29, 0.717) is 0 Å². The molecule has 1 unspecified atom stereocenters. The average molecular weight is 358 g/mol. The molecule has 3 saturated heterocycles. The van der Waals surface area contributed by atoms with E-state index in [2.05, 4.69) is 37.1 Å². The van der Waals surface area contributed by atoms with Crippen molar-refractivity contribution in [1.29, 1.82) is 0 Å². The SMILES string of the molecule is c1ccc(N2CCN(CC3CCCN(CC4CCNCC4)C3)CC2)nc1. The summed E-state index contributed by atoms with van der Waals surface area (Å²) in [6.07, 6.45) is 7.46. The van der Waals surface area contributed by atoms with Crippen molar-refractivity contribution in [3.8, 4) is 0 Å². The molecule has 1 N–H and O–H groups in total. The molecule has 3 fully saturated rings. The lowest BCUT2D eigenvalue weighted by molar-refractivity contribution is 0.110. The zero-order valence-corrected chi connectivity index (χ0v) is 16.2. The zero-order valence-electron chi connectivity index (χ0n) is 16.2. The minimum atomic E-state index is 0.867. The van der Waals surface area contributed by atoms with Crippen molar-refractivity contribution in [3.05, 3.63) is 24.4 Å². The first-order chi connectivity index (χ1) is 12.9. The predicted octanol–water partition coefficient (Wildman–Crippen LogP) is 1.92. The van der Waals surface area contributed by atoms with Crippen LogP contribution in [-0.2, 0) is 0 Å². The van der Waals surface area contributed by atoms with E-state index in [4.69, 9.17) is 0 Å². The molecule has 5 heteroatoms. The van der Waals surface area contributed by atoms with Gasteiger partial charge in [-0.1, -0.05) is 6.07 Å². The molecule has 1 aromatic heterocycles. The van der Waals surface area contributed by atoms with Gasteiger partial charge in [-0.2, -0.15) is 0 Å². The summed E-state index contributed by atoms with van der Waals surface area (Å²) in [6.45, 7) is 12.3. The van der Waals surface area contributed by atoms with Gasteiger partial charge in [0.25, 0.3) is 0 Å². The number of nitrogens with one attached hydrogen (secondary N) is 1. The Labute approximate surface area is 158 Å². The van der Waals surface area contributed by atoms with Gasteiger partial charge < -0.3 is 15.1 Å². The van der Waals surface area contributed by atoms with Crippen molar-refractivity contribution >= 4 is 5.82 Å². The number of hydrogen-bond acceptors (Lipinski definition) is 5. The van der Waals surface area contributed by atoms with Crippen LogP contribution in [0.4, 0.5) is 5.82 Å². The van der Waals surface area contributed by atoms with E-state index < -0.39 is 0 Å². The lowest BCUT2D eigenvalue weighted by atomic mass is 9.93. The highest BCUT2D eigenvalue weighted by Gasteiger charge is 2.26. The van der Waals surface area contributed by atoms with E-state index >= 15 is 0 Å². The van der Waals surface area contributed by atoms with Crippen LogP contribution in [0.3, 0.4) is 0 Å². The molecule has 144 valence electrons. The number of aromatic nitrogens is 1. The molecule has 4 rings (SSSR count). The fourth-order valence-electron chi connectivity index (χ4n) is 4.96. The summed E-state index contributed by atoms with van der Waals surface area (Å²) in [7, 11) is 0. The third kappa shape index (κ3) is 4.96. The van der Waals surface area contributed by atoms with Crippen LogP contribution in [0.25, 0.3) is 0 Å². The Bertz CT molecular complexity index is 522. The number of nitrogens with zero attached hydrogens (tertiary/aromatic N) is 4. The lowest BCUT2D eigenvalue weighted by Crippen LogP contribution is -2.50. The maximum absolute atomic E-state index is 4.50. The van der Waals surface area contributed by atoms with Gasteiger partial charge in [0, 0.05) is 52.0 Å². The van der Waals surface area contributed by atoms with Crippen LogP contribution in [0.2, 0.25) is 0 Å². The fraction of sp³-hybridized carbons (Fsp3) is 0.762. The Kier molecular flexibility index (Phi) is 6.41. The van der Waals surface area contributed by atoms with E-state index in [0.717, 1.165) is 30.7 Å². The molecule has 1 atom stereocenters. The Balaban J connectivity index is 1.20. The van der Waals surface area contributed by atoms with Crippen LogP contribution in [0.15, 0.2) is 24.4 Å². The minimum Gasteiger partial charge on any atom is -0.354 e. The Morgan fingerprint density at radius 2 is 1.69 bits per heavy atom. The van der Waals surface area contributed by atoms with Crippen molar-refractivity contribution in [2.75, 3.05) is 70.3 Å². The second-order valence-corrected chi connectivity index (χ2v) is 8.44. The van der Waals surface area contributed by atoms with Gasteiger partial charge in [0.1, 0.15) is 5.82 Å². The molecule has 0 saturated carbocycles. The molecular formula is C21H35N5. The molecule has 4 heterocycles. The number of likely N-dealkylation sites (tertiary alicyclic amines) is 1. The average Bonchev–Trinajstić information content (AvgIpc) is 2.70.